The van der Waals surface area contributed by atoms with Gasteiger partial charge in [0.1, 0.15) is 0 Å². The molecule has 3 atom stereocenters. The lowest BCUT2D eigenvalue weighted by atomic mass is 9.80. The van der Waals surface area contributed by atoms with Crippen LogP contribution in [0.2, 0.25) is 0 Å². The van der Waals surface area contributed by atoms with E-state index in [2.05, 4.69) is 66.4 Å². The summed E-state index contributed by atoms with van der Waals surface area (Å²) in [5.41, 5.74) is 4.68. The molecule has 2 aromatic rings. The smallest absolute Gasteiger partial charge is 0.0388 e. The molecule has 0 N–H and O–H groups in total. The Morgan fingerprint density at radius 2 is 1.70 bits per heavy atom. The Morgan fingerprint density at radius 1 is 0.957 bits per heavy atom. The average molecular weight is 305 g/mol. The van der Waals surface area contributed by atoms with Gasteiger partial charge in [-0.05, 0) is 55.0 Å². The number of hydrogen-bond acceptors (Lipinski definition) is 1. The summed E-state index contributed by atoms with van der Waals surface area (Å²) in [5, 5.41) is 0. The molecule has 0 aromatic heterocycles. The molecule has 1 nitrogen and oxygen atoms in total. The number of likely N-dealkylation sites (tertiary alicyclic amines) is 1. The number of rotatable bonds is 4. The fraction of sp³-hybridized carbons (Fsp3) is 0.455. The first kappa shape index (κ1) is 15.0. The van der Waals surface area contributed by atoms with E-state index in [-0.39, 0.29) is 0 Å². The van der Waals surface area contributed by atoms with Crippen molar-refractivity contribution in [3.05, 3.63) is 71.3 Å². The molecule has 3 unspecified atom stereocenters. The molecule has 0 spiro atoms. The van der Waals surface area contributed by atoms with Gasteiger partial charge in [-0.15, -0.1) is 0 Å². The summed E-state index contributed by atoms with van der Waals surface area (Å²) in [4.78, 5) is 2.78. The fourth-order valence-electron chi connectivity index (χ4n) is 4.87. The van der Waals surface area contributed by atoms with E-state index in [1.54, 1.807) is 11.1 Å². The maximum Gasteiger partial charge on any atom is 0.0388 e. The molecule has 0 saturated carbocycles. The molecule has 2 aliphatic rings. The van der Waals surface area contributed by atoms with Crippen LogP contribution in [0.1, 0.15) is 61.3 Å². The molecule has 0 bridgehead atoms. The maximum atomic E-state index is 2.78. The molecule has 23 heavy (non-hydrogen) atoms. The monoisotopic (exact) mass is 305 g/mol. The highest BCUT2D eigenvalue weighted by Gasteiger charge is 2.45. The van der Waals surface area contributed by atoms with Gasteiger partial charge in [0.2, 0.25) is 0 Å². The molecule has 4 rings (SSSR count). The summed E-state index contributed by atoms with van der Waals surface area (Å²) in [6.45, 7) is 4.83. The minimum absolute atomic E-state index is 0.585. The molecule has 1 heteroatoms. The predicted molar refractivity (Wildman–Crippen MR) is 96.7 cm³/mol. The van der Waals surface area contributed by atoms with Gasteiger partial charge in [-0.2, -0.15) is 0 Å². The van der Waals surface area contributed by atoms with Gasteiger partial charge in [-0.1, -0.05) is 67.9 Å². The minimum Gasteiger partial charge on any atom is -0.296 e. The van der Waals surface area contributed by atoms with Crippen LogP contribution in [0.3, 0.4) is 0 Å². The van der Waals surface area contributed by atoms with Crippen molar-refractivity contribution in [2.24, 2.45) is 5.92 Å². The zero-order chi connectivity index (χ0) is 15.6. The summed E-state index contributed by atoms with van der Waals surface area (Å²) in [6.07, 6.45) is 5.32. The van der Waals surface area contributed by atoms with Crippen LogP contribution in [0.25, 0.3) is 0 Å². The molecular weight excluding hydrogens is 278 g/mol. The molecule has 120 valence electrons. The van der Waals surface area contributed by atoms with E-state index < -0.39 is 0 Å². The Labute approximate surface area is 140 Å². The van der Waals surface area contributed by atoms with Crippen molar-refractivity contribution in [2.45, 2.75) is 44.6 Å². The Kier molecular flexibility index (Phi) is 4.22. The van der Waals surface area contributed by atoms with Gasteiger partial charge in [-0.25, -0.2) is 0 Å². The first-order valence-corrected chi connectivity index (χ1v) is 9.28. The third-order valence-electron chi connectivity index (χ3n) is 5.82. The van der Waals surface area contributed by atoms with E-state index in [0.717, 1.165) is 5.92 Å². The zero-order valence-corrected chi connectivity index (χ0v) is 14.1. The van der Waals surface area contributed by atoms with E-state index in [1.165, 1.54) is 44.3 Å². The second-order valence-electron chi connectivity index (χ2n) is 7.16. The molecule has 1 heterocycles. The summed E-state index contributed by atoms with van der Waals surface area (Å²) in [5.74, 6) is 1.34. The number of unbranched alkanes of at least 4 members (excludes halogenated alkanes) is 1. The zero-order valence-electron chi connectivity index (χ0n) is 14.1. The van der Waals surface area contributed by atoms with Gasteiger partial charge in [0.15, 0.2) is 0 Å². The number of piperidine rings is 1. The number of benzene rings is 2. The highest BCUT2D eigenvalue weighted by Crippen LogP contribution is 2.54. The summed E-state index contributed by atoms with van der Waals surface area (Å²) in [7, 11) is 0. The van der Waals surface area contributed by atoms with E-state index in [0.29, 0.717) is 12.0 Å². The summed E-state index contributed by atoms with van der Waals surface area (Å²) in [6, 6.07) is 21.0. The van der Waals surface area contributed by atoms with Crippen molar-refractivity contribution in [1.29, 1.82) is 0 Å². The normalized spacial score (nSPS) is 26.7. The second kappa shape index (κ2) is 6.49. The van der Waals surface area contributed by atoms with Crippen molar-refractivity contribution in [3.63, 3.8) is 0 Å². The van der Waals surface area contributed by atoms with Crippen LogP contribution >= 0.6 is 0 Å². The van der Waals surface area contributed by atoms with Crippen LogP contribution in [-0.4, -0.2) is 18.0 Å². The Bertz CT molecular complexity index is 648. The van der Waals surface area contributed by atoms with Crippen LogP contribution in [-0.2, 0) is 0 Å². The maximum absolute atomic E-state index is 2.78. The van der Waals surface area contributed by atoms with Gasteiger partial charge in [0.25, 0.3) is 0 Å². The van der Waals surface area contributed by atoms with Gasteiger partial charge in [-0.3, -0.25) is 4.90 Å². The van der Waals surface area contributed by atoms with E-state index >= 15 is 0 Å². The van der Waals surface area contributed by atoms with Crippen molar-refractivity contribution >= 4 is 0 Å². The standard InChI is InChI=1S/C22H27N/c1-2-3-15-23-16-9-14-20-21(17-10-5-4-6-11-17)18-12-7-8-13-19(18)22(20)23/h4-8,10-13,20-22H,2-3,9,14-16H2,1H3. The molecular formula is C22H27N. The van der Waals surface area contributed by atoms with Crippen molar-refractivity contribution in [2.75, 3.05) is 13.1 Å². The van der Waals surface area contributed by atoms with Gasteiger partial charge in [0, 0.05) is 12.0 Å². The molecule has 1 aliphatic carbocycles. The molecule has 1 fully saturated rings. The van der Waals surface area contributed by atoms with Crippen LogP contribution in [0.5, 0.6) is 0 Å². The topological polar surface area (TPSA) is 3.24 Å². The van der Waals surface area contributed by atoms with Crippen LogP contribution in [0.4, 0.5) is 0 Å². The molecule has 0 radical (unpaired) electrons. The lowest BCUT2D eigenvalue weighted by molar-refractivity contribution is 0.0961. The lowest BCUT2D eigenvalue weighted by Crippen LogP contribution is -2.38. The van der Waals surface area contributed by atoms with Crippen LogP contribution in [0, 0.1) is 5.92 Å². The van der Waals surface area contributed by atoms with Crippen molar-refractivity contribution in [3.8, 4) is 0 Å². The summed E-state index contributed by atoms with van der Waals surface area (Å²) >= 11 is 0. The van der Waals surface area contributed by atoms with Crippen LogP contribution < -0.4 is 0 Å². The Balaban J connectivity index is 1.75. The molecule has 0 amide bonds. The Morgan fingerprint density at radius 3 is 2.48 bits per heavy atom. The largest absolute Gasteiger partial charge is 0.296 e. The van der Waals surface area contributed by atoms with Gasteiger partial charge in [0.05, 0.1) is 0 Å². The highest BCUT2D eigenvalue weighted by molar-refractivity contribution is 5.46. The molecule has 2 aromatic carbocycles. The van der Waals surface area contributed by atoms with E-state index in [1.807, 2.05) is 0 Å². The SMILES string of the molecule is CCCCN1CCCC2C(c3ccccc3)c3ccccc3C21. The van der Waals surface area contributed by atoms with Crippen molar-refractivity contribution in [1.82, 2.24) is 4.90 Å². The van der Waals surface area contributed by atoms with Gasteiger partial charge < -0.3 is 0 Å². The quantitative estimate of drug-likeness (QED) is 0.732. The minimum atomic E-state index is 0.585. The van der Waals surface area contributed by atoms with E-state index in [9.17, 15) is 0 Å². The Hall–Kier alpha value is -1.60. The third kappa shape index (κ3) is 2.61. The van der Waals surface area contributed by atoms with Crippen LogP contribution in [0.15, 0.2) is 54.6 Å². The third-order valence-corrected chi connectivity index (χ3v) is 5.82. The first-order chi connectivity index (χ1) is 11.4. The fourth-order valence-corrected chi connectivity index (χ4v) is 4.87. The molecule has 1 aliphatic heterocycles. The second-order valence-corrected chi connectivity index (χ2v) is 7.16. The van der Waals surface area contributed by atoms with Gasteiger partial charge >= 0.3 is 0 Å². The lowest BCUT2D eigenvalue weighted by Gasteiger charge is -2.40. The number of fused-ring (bicyclic) bond motifs is 3. The first-order valence-electron chi connectivity index (χ1n) is 9.28. The van der Waals surface area contributed by atoms with E-state index in [4.69, 9.17) is 0 Å². The van der Waals surface area contributed by atoms with Crippen molar-refractivity contribution < 1.29 is 0 Å². The number of nitrogens with zero attached hydrogens (tertiary/aromatic N) is 1. The highest BCUT2D eigenvalue weighted by atomic mass is 15.2. The average Bonchev–Trinajstić information content (AvgIpc) is 2.95. The molecule has 1 saturated heterocycles. The predicted octanol–water partition coefficient (Wildman–Crippen LogP) is 5.39. The number of hydrogen-bond donors (Lipinski definition) is 0. The summed E-state index contributed by atoms with van der Waals surface area (Å²) < 4.78 is 0.